The van der Waals surface area contributed by atoms with E-state index in [4.69, 9.17) is 9.52 Å². The number of rotatable bonds is 4. The molecule has 1 unspecified atom stereocenters. The average molecular weight is 253 g/mol. The number of aliphatic hydroxyl groups is 1. The molecule has 1 aromatic heterocycles. The molecule has 0 spiro atoms. The topological polar surface area (TPSA) is 83.6 Å². The van der Waals surface area contributed by atoms with Gasteiger partial charge in [0.25, 0.3) is 5.22 Å². The Morgan fingerprint density at radius 2 is 2.24 bits per heavy atom. The highest BCUT2D eigenvalue weighted by atomic mass is 32.2. The zero-order chi connectivity index (χ0) is 12.5. The lowest BCUT2D eigenvalue weighted by molar-refractivity contribution is -0.154. The number of nitrogens with zero attached hydrogens (tertiary/aromatic N) is 1. The number of hydrogen-bond donors (Lipinski definition) is 2. The normalized spacial score (nSPS) is 14.7. The molecule has 0 bridgehead atoms. The van der Waals surface area contributed by atoms with E-state index in [-0.39, 0.29) is 5.75 Å². The highest BCUT2D eigenvalue weighted by Gasteiger charge is 2.30. The number of benzene rings is 1. The zero-order valence-corrected chi connectivity index (χ0v) is 9.90. The van der Waals surface area contributed by atoms with Gasteiger partial charge < -0.3 is 14.6 Å². The summed E-state index contributed by atoms with van der Waals surface area (Å²) in [6.07, 6.45) is 0. The summed E-state index contributed by atoms with van der Waals surface area (Å²) in [5.41, 5.74) is -0.430. The molecule has 0 aliphatic carbocycles. The van der Waals surface area contributed by atoms with Crippen LogP contribution in [0, 0.1) is 0 Å². The summed E-state index contributed by atoms with van der Waals surface area (Å²) in [4.78, 5) is 14.9. The smallest absolute Gasteiger partial charge is 0.336 e. The predicted octanol–water partition coefficient (Wildman–Crippen LogP) is 1.76. The zero-order valence-electron chi connectivity index (χ0n) is 9.08. The van der Waals surface area contributed by atoms with Crippen molar-refractivity contribution >= 4 is 28.8 Å². The largest absolute Gasteiger partial charge is 0.479 e. The van der Waals surface area contributed by atoms with E-state index in [1.165, 1.54) is 6.92 Å². The molecule has 0 amide bonds. The van der Waals surface area contributed by atoms with Crippen molar-refractivity contribution in [1.29, 1.82) is 0 Å². The third-order valence-corrected chi connectivity index (χ3v) is 3.34. The van der Waals surface area contributed by atoms with E-state index in [0.717, 1.165) is 11.8 Å². The quantitative estimate of drug-likeness (QED) is 0.808. The van der Waals surface area contributed by atoms with Crippen LogP contribution in [0.1, 0.15) is 6.92 Å². The Labute approximate surface area is 101 Å². The maximum atomic E-state index is 10.7. The van der Waals surface area contributed by atoms with E-state index in [9.17, 15) is 9.90 Å². The first-order valence-corrected chi connectivity index (χ1v) is 5.92. The van der Waals surface area contributed by atoms with Crippen molar-refractivity contribution in [3.05, 3.63) is 24.3 Å². The number of aromatic nitrogens is 1. The predicted molar refractivity (Wildman–Crippen MR) is 63.0 cm³/mol. The highest BCUT2D eigenvalue weighted by molar-refractivity contribution is 7.99. The van der Waals surface area contributed by atoms with Gasteiger partial charge in [0.2, 0.25) is 0 Å². The van der Waals surface area contributed by atoms with Gasteiger partial charge in [0.1, 0.15) is 5.52 Å². The first kappa shape index (κ1) is 11.9. The van der Waals surface area contributed by atoms with Crippen molar-refractivity contribution in [2.45, 2.75) is 17.7 Å². The summed E-state index contributed by atoms with van der Waals surface area (Å²) in [5, 5.41) is 18.6. The SMILES string of the molecule is CC(O)(CSc1nc2ccccc2o1)C(=O)O. The molecule has 0 saturated heterocycles. The van der Waals surface area contributed by atoms with Gasteiger partial charge in [0.15, 0.2) is 11.2 Å². The van der Waals surface area contributed by atoms with Crippen molar-refractivity contribution in [2.75, 3.05) is 5.75 Å². The number of carboxylic acids is 1. The number of carbonyl (C=O) groups is 1. The van der Waals surface area contributed by atoms with Crippen molar-refractivity contribution in [2.24, 2.45) is 0 Å². The van der Waals surface area contributed by atoms with Crippen LogP contribution in [-0.2, 0) is 4.79 Å². The van der Waals surface area contributed by atoms with Crippen LogP contribution in [0.25, 0.3) is 11.1 Å². The Bertz CT molecular complexity index is 516. The minimum Gasteiger partial charge on any atom is -0.479 e. The lowest BCUT2D eigenvalue weighted by Gasteiger charge is -2.15. The minimum absolute atomic E-state index is 0.0187. The first-order chi connectivity index (χ1) is 7.99. The second kappa shape index (κ2) is 4.38. The van der Waals surface area contributed by atoms with Crippen molar-refractivity contribution in [3.8, 4) is 0 Å². The maximum absolute atomic E-state index is 10.7. The molecule has 2 rings (SSSR count). The van der Waals surface area contributed by atoms with E-state index < -0.39 is 11.6 Å². The lowest BCUT2D eigenvalue weighted by atomic mass is 10.1. The fourth-order valence-corrected chi connectivity index (χ4v) is 2.02. The van der Waals surface area contributed by atoms with Crippen LogP contribution in [0.3, 0.4) is 0 Å². The van der Waals surface area contributed by atoms with Gasteiger partial charge >= 0.3 is 5.97 Å². The van der Waals surface area contributed by atoms with Gasteiger partial charge in [-0.1, -0.05) is 23.9 Å². The molecule has 5 nitrogen and oxygen atoms in total. The summed E-state index contributed by atoms with van der Waals surface area (Å²) in [6, 6.07) is 7.25. The number of hydrogen-bond acceptors (Lipinski definition) is 5. The Morgan fingerprint density at radius 3 is 2.88 bits per heavy atom. The number of fused-ring (bicyclic) bond motifs is 1. The van der Waals surface area contributed by atoms with Crippen LogP contribution in [-0.4, -0.2) is 32.5 Å². The summed E-state index contributed by atoms with van der Waals surface area (Å²) >= 11 is 1.07. The van der Waals surface area contributed by atoms with Gasteiger partial charge in [-0.25, -0.2) is 9.78 Å². The number of oxazole rings is 1. The molecule has 6 heteroatoms. The Balaban J connectivity index is 2.12. The molecule has 1 heterocycles. The van der Waals surface area contributed by atoms with Crippen molar-refractivity contribution in [1.82, 2.24) is 4.98 Å². The molecule has 17 heavy (non-hydrogen) atoms. The maximum Gasteiger partial charge on any atom is 0.336 e. The van der Waals surface area contributed by atoms with Crippen molar-refractivity contribution < 1.29 is 19.4 Å². The third kappa shape index (κ3) is 2.59. The Hall–Kier alpha value is -1.53. The number of thioether (sulfide) groups is 1. The van der Waals surface area contributed by atoms with Gasteiger partial charge in [-0.3, -0.25) is 0 Å². The standard InChI is InChI=1S/C11H11NO4S/c1-11(15,9(13)14)6-17-10-12-7-4-2-3-5-8(7)16-10/h2-5,15H,6H2,1H3,(H,13,14). The van der Waals surface area contributed by atoms with Crippen LogP contribution in [0.5, 0.6) is 0 Å². The number of para-hydroxylation sites is 2. The lowest BCUT2D eigenvalue weighted by Crippen LogP contribution is -2.37. The van der Waals surface area contributed by atoms with Gasteiger partial charge in [-0.15, -0.1) is 0 Å². The summed E-state index contributed by atoms with van der Waals surface area (Å²) in [5.74, 6) is -1.28. The van der Waals surface area contributed by atoms with Gasteiger partial charge in [-0.05, 0) is 19.1 Å². The molecular formula is C11H11NO4S. The monoisotopic (exact) mass is 253 g/mol. The Morgan fingerprint density at radius 1 is 1.53 bits per heavy atom. The summed E-state index contributed by atoms with van der Waals surface area (Å²) in [7, 11) is 0. The molecule has 1 aromatic carbocycles. The fourth-order valence-electron chi connectivity index (χ4n) is 1.18. The molecular weight excluding hydrogens is 242 g/mol. The molecule has 0 aliphatic heterocycles. The molecule has 0 fully saturated rings. The van der Waals surface area contributed by atoms with Crippen molar-refractivity contribution in [3.63, 3.8) is 0 Å². The fraction of sp³-hybridized carbons (Fsp3) is 0.273. The van der Waals surface area contributed by atoms with Crippen LogP contribution in [0.2, 0.25) is 0 Å². The molecule has 2 N–H and O–H groups in total. The molecule has 90 valence electrons. The average Bonchev–Trinajstić information content (AvgIpc) is 2.69. The second-order valence-electron chi connectivity index (χ2n) is 3.82. The minimum atomic E-state index is -1.79. The molecule has 0 radical (unpaired) electrons. The van der Waals surface area contributed by atoms with Gasteiger partial charge in [0, 0.05) is 5.75 Å². The van der Waals surface area contributed by atoms with Crippen LogP contribution >= 0.6 is 11.8 Å². The highest BCUT2D eigenvalue weighted by Crippen LogP contribution is 2.25. The number of aliphatic carboxylic acids is 1. The Kier molecular flexibility index (Phi) is 3.08. The van der Waals surface area contributed by atoms with Crippen LogP contribution in [0.4, 0.5) is 0 Å². The van der Waals surface area contributed by atoms with E-state index in [1.807, 2.05) is 12.1 Å². The van der Waals surface area contributed by atoms with Crippen LogP contribution < -0.4 is 0 Å². The first-order valence-electron chi connectivity index (χ1n) is 4.93. The van der Waals surface area contributed by atoms with E-state index in [2.05, 4.69) is 4.98 Å². The third-order valence-electron chi connectivity index (χ3n) is 2.21. The molecule has 0 saturated carbocycles. The molecule has 2 aromatic rings. The second-order valence-corrected chi connectivity index (χ2v) is 4.74. The van der Waals surface area contributed by atoms with E-state index in [1.54, 1.807) is 12.1 Å². The van der Waals surface area contributed by atoms with E-state index >= 15 is 0 Å². The number of carboxylic acid groups (broad SMARTS) is 1. The van der Waals surface area contributed by atoms with E-state index in [0.29, 0.717) is 16.3 Å². The van der Waals surface area contributed by atoms with Gasteiger partial charge in [0.05, 0.1) is 0 Å². The van der Waals surface area contributed by atoms with Gasteiger partial charge in [-0.2, -0.15) is 0 Å². The summed E-state index contributed by atoms with van der Waals surface area (Å²) in [6.45, 7) is 1.24. The molecule has 0 aliphatic rings. The van der Waals surface area contributed by atoms with Crippen LogP contribution in [0.15, 0.2) is 33.9 Å². The summed E-state index contributed by atoms with van der Waals surface area (Å²) < 4.78 is 5.39. The molecule has 1 atom stereocenters.